The molecule has 0 bridgehead atoms. The van der Waals surface area contributed by atoms with E-state index in [4.69, 9.17) is 10.5 Å². The minimum atomic E-state index is -0.613. The van der Waals surface area contributed by atoms with Gasteiger partial charge in [-0.3, -0.25) is 9.59 Å². The van der Waals surface area contributed by atoms with E-state index in [1.54, 1.807) is 45.5 Å². The highest BCUT2D eigenvalue weighted by Crippen LogP contribution is 2.11. The first-order valence-corrected chi connectivity index (χ1v) is 6.32. The Morgan fingerprint density at radius 1 is 1.30 bits per heavy atom. The van der Waals surface area contributed by atoms with Gasteiger partial charge >= 0.3 is 0 Å². The summed E-state index contributed by atoms with van der Waals surface area (Å²) >= 11 is 0. The number of hydrogen-bond donors (Lipinski definition) is 2. The van der Waals surface area contributed by atoms with E-state index in [0.717, 1.165) is 0 Å². The molecule has 0 aliphatic rings. The van der Waals surface area contributed by atoms with Gasteiger partial charge in [-0.2, -0.15) is 0 Å². The quantitative estimate of drug-likeness (QED) is 0.802. The summed E-state index contributed by atoms with van der Waals surface area (Å²) in [5.41, 5.74) is 6.89. The van der Waals surface area contributed by atoms with E-state index in [1.807, 2.05) is 0 Å². The predicted molar refractivity (Wildman–Crippen MR) is 77.6 cm³/mol. The first-order valence-electron chi connectivity index (χ1n) is 6.32. The molecule has 0 aromatic heterocycles. The van der Waals surface area contributed by atoms with Crippen LogP contribution in [-0.4, -0.2) is 50.6 Å². The van der Waals surface area contributed by atoms with Crippen molar-refractivity contribution in [1.82, 2.24) is 4.90 Å². The monoisotopic (exact) mass is 279 g/mol. The molecule has 0 saturated carbocycles. The number of nitrogens with one attached hydrogen (secondary N) is 1. The molecule has 1 rings (SSSR count). The third-order valence-electron chi connectivity index (χ3n) is 2.78. The number of carbonyl (C=O) groups excluding carboxylic acids is 2. The van der Waals surface area contributed by atoms with E-state index < -0.39 is 6.04 Å². The number of amides is 2. The molecule has 20 heavy (non-hydrogen) atoms. The van der Waals surface area contributed by atoms with Gasteiger partial charge in [0.15, 0.2) is 0 Å². The molecular weight excluding hydrogens is 258 g/mol. The second-order valence-electron chi connectivity index (χ2n) is 4.65. The van der Waals surface area contributed by atoms with Crippen LogP contribution in [0.2, 0.25) is 0 Å². The maximum atomic E-state index is 11.8. The van der Waals surface area contributed by atoms with Crippen LogP contribution < -0.4 is 11.1 Å². The lowest BCUT2D eigenvalue weighted by molar-refractivity contribution is -0.117. The SMILES string of the molecule is COCCC(N)C(=O)Nc1ccc(C(=O)N(C)C)cc1. The summed E-state index contributed by atoms with van der Waals surface area (Å²) in [7, 11) is 4.94. The van der Waals surface area contributed by atoms with Gasteiger partial charge in [-0.15, -0.1) is 0 Å². The van der Waals surface area contributed by atoms with Crippen LogP contribution in [-0.2, 0) is 9.53 Å². The molecule has 1 atom stereocenters. The Labute approximate surface area is 118 Å². The van der Waals surface area contributed by atoms with Gasteiger partial charge in [0.25, 0.3) is 5.91 Å². The molecule has 110 valence electrons. The summed E-state index contributed by atoms with van der Waals surface area (Å²) < 4.78 is 4.88. The van der Waals surface area contributed by atoms with Gasteiger partial charge in [0.2, 0.25) is 5.91 Å². The van der Waals surface area contributed by atoms with Gasteiger partial charge in [-0.1, -0.05) is 0 Å². The Hall–Kier alpha value is -1.92. The van der Waals surface area contributed by atoms with E-state index in [-0.39, 0.29) is 11.8 Å². The molecule has 0 aliphatic heterocycles. The fourth-order valence-corrected chi connectivity index (χ4v) is 1.57. The maximum Gasteiger partial charge on any atom is 0.253 e. The molecule has 0 heterocycles. The molecule has 1 unspecified atom stereocenters. The van der Waals surface area contributed by atoms with Crippen molar-refractivity contribution < 1.29 is 14.3 Å². The van der Waals surface area contributed by atoms with E-state index in [0.29, 0.717) is 24.3 Å². The van der Waals surface area contributed by atoms with Crippen LogP contribution in [0.3, 0.4) is 0 Å². The zero-order chi connectivity index (χ0) is 15.1. The van der Waals surface area contributed by atoms with Crippen molar-refractivity contribution in [2.24, 2.45) is 5.73 Å². The van der Waals surface area contributed by atoms with Gasteiger partial charge in [-0.25, -0.2) is 0 Å². The minimum Gasteiger partial charge on any atom is -0.385 e. The summed E-state index contributed by atoms with van der Waals surface area (Å²) in [6, 6.07) is 6.07. The molecule has 3 N–H and O–H groups in total. The highest BCUT2D eigenvalue weighted by molar-refractivity contribution is 5.96. The molecular formula is C14H21N3O3. The molecule has 1 aromatic rings. The molecule has 2 amide bonds. The molecule has 0 radical (unpaired) electrons. The maximum absolute atomic E-state index is 11.8. The summed E-state index contributed by atoms with van der Waals surface area (Å²) in [4.78, 5) is 25.0. The standard InChI is InChI=1S/C14H21N3O3/c1-17(2)14(19)10-4-6-11(7-5-10)16-13(18)12(15)8-9-20-3/h4-7,12H,8-9,15H2,1-3H3,(H,16,18). The lowest BCUT2D eigenvalue weighted by Crippen LogP contribution is -2.36. The van der Waals surface area contributed by atoms with Crippen LogP contribution in [0, 0.1) is 0 Å². The smallest absolute Gasteiger partial charge is 0.253 e. The van der Waals surface area contributed by atoms with Crippen molar-refractivity contribution in [3.8, 4) is 0 Å². The van der Waals surface area contributed by atoms with Crippen LogP contribution in [0.1, 0.15) is 16.8 Å². The summed E-state index contributed by atoms with van der Waals surface area (Å²) in [5.74, 6) is -0.353. The fraction of sp³-hybridized carbons (Fsp3) is 0.429. The van der Waals surface area contributed by atoms with Crippen molar-refractivity contribution in [3.63, 3.8) is 0 Å². The lowest BCUT2D eigenvalue weighted by atomic mass is 10.1. The minimum absolute atomic E-state index is 0.0836. The van der Waals surface area contributed by atoms with Crippen LogP contribution in [0.5, 0.6) is 0 Å². The Bertz CT molecular complexity index is 457. The number of nitrogens with two attached hydrogens (primary N) is 1. The predicted octanol–water partition coefficient (Wildman–Crippen LogP) is 0.691. The third-order valence-corrected chi connectivity index (χ3v) is 2.78. The highest BCUT2D eigenvalue weighted by Gasteiger charge is 2.13. The number of benzene rings is 1. The van der Waals surface area contributed by atoms with Crippen molar-refractivity contribution in [2.45, 2.75) is 12.5 Å². The number of rotatable bonds is 6. The van der Waals surface area contributed by atoms with Crippen LogP contribution in [0.25, 0.3) is 0 Å². The van der Waals surface area contributed by atoms with Crippen LogP contribution >= 0.6 is 0 Å². The Morgan fingerprint density at radius 2 is 1.90 bits per heavy atom. The van der Waals surface area contributed by atoms with Crippen molar-refractivity contribution >= 4 is 17.5 Å². The third kappa shape index (κ3) is 4.64. The Morgan fingerprint density at radius 3 is 2.40 bits per heavy atom. The van der Waals surface area contributed by atoms with Crippen molar-refractivity contribution in [3.05, 3.63) is 29.8 Å². The largest absolute Gasteiger partial charge is 0.385 e. The Balaban J connectivity index is 2.61. The second kappa shape index (κ2) is 7.62. The van der Waals surface area contributed by atoms with E-state index in [1.165, 1.54) is 4.90 Å². The number of nitrogens with zero attached hydrogens (tertiary/aromatic N) is 1. The molecule has 0 saturated heterocycles. The number of anilines is 1. The first-order chi connectivity index (χ1) is 9.45. The average molecular weight is 279 g/mol. The normalized spacial score (nSPS) is 11.8. The molecule has 1 aromatic carbocycles. The van der Waals surface area contributed by atoms with Gasteiger partial charge in [0.05, 0.1) is 6.04 Å². The van der Waals surface area contributed by atoms with Gasteiger partial charge in [0, 0.05) is 39.1 Å². The summed E-state index contributed by atoms with van der Waals surface area (Å²) in [5, 5.41) is 2.70. The van der Waals surface area contributed by atoms with Gasteiger partial charge < -0.3 is 20.7 Å². The van der Waals surface area contributed by atoms with Crippen molar-refractivity contribution in [1.29, 1.82) is 0 Å². The van der Waals surface area contributed by atoms with Gasteiger partial charge in [-0.05, 0) is 30.7 Å². The molecule has 6 heteroatoms. The van der Waals surface area contributed by atoms with Gasteiger partial charge in [0.1, 0.15) is 0 Å². The van der Waals surface area contributed by atoms with Crippen LogP contribution in [0.4, 0.5) is 5.69 Å². The zero-order valence-electron chi connectivity index (χ0n) is 12.1. The van der Waals surface area contributed by atoms with Crippen LogP contribution in [0.15, 0.2) is 24.3 Å². The number of hydrogen-bond acceptors (Lipinski definition) is 4. The number of methoxy groups -OCH3 is 1. The van der Waals surface area contributed by atoms with E-state index in [2.05, 4.69) is 5.32 Å². The molecule has 0 fully saturated rings. The topological polar surface area (TPSA) is 84.7 Å². The van der Waals surface area contributed by atoms with E-state index >= 15 is 0 Å². The fourth-order valence-electron chi connectivity index (χ4n) is 1.57. The first kappa shape index (κ1) is 16.1. The molecule has 0 aliphatic carbocycles. The average Bonchev–Trinajstić information content (AvgIpc) is 2.44. The molecule has 6 nitrogen and oxygen atoms in total. The highest BCUT2D eigenvalue weighted by atomic mass is 16.5. The van der Waals surface area contributed by atoms with E-state index in [9.17, 15) is 9.59 Å². The Kier molecular flexibility index (Phi) is 6.14. The molecule has 0 spiro atoms. The summed E-state index contributed by atoms with van der Waals surface area (Å²) in [6.45, 7) is 0.435. The second-order valence-corrected chi connectivity index (χ2v) is 4.65. The van der Waals surface area contributed by atoms with Crippen molar-refractivity contribution in [2.75, 3.05) is 33.1 Å². The number of carbonyl (C=O) groups is 2. The zero-order valence-corrected chi connectivity index (χ0v) is 12.1. The number of ether oxygens (including phenoxy) is 1. The lowest BCUT2D eigenvalue weighted by Gasteiger charge is -2.13. The summed E-state index contributed by atoms with van der Waals surface area (Å²) in [6.07, 6.45) is 0.458.